The minimum absolute atomic E-state index is 0.0120. The molecule has 2 unspecified atom stereocenters. The van der Waals surface area contributed by atoms with Crippen LogP contribution in [0, 0.1) is 0 Å². The molecule has 17 heavy (non-hydrogen) atoms. The molecule has 2 atom stereocenters. The Morgan fingerprint density at radius 2 is 1.65 bits per heavy atom. The Kier molecular flexibility index (Phi) is 2.16. The highest BCUT2D eigenvalue weighted by Crippen LogP contribution is 2.56. The fourth-order valence-corrected chi connectivity index (χ4v) is 1.43. The zero-order chi connectivity index (χ0) is 13.1. The fourth-order valence-electron chi connectivity index (χ4n) is 1.43. The summed E-state index contributed by atoms with van der Waals surface area (Å²) in [6, 6.07) is -1.73. The molecule has 2 heterocycles. The minimum Gasteiger partial charge on any atom is -0.442 e. The van der Waals surface area contributed by atoms with Crippen molar-refractivity contribution in [2.45, 2.75) is 31.0 Å². The van der Waals surface area contributed by atoms with Gasteiger partial charge in [0.1, 0.15) is 0 Å². The van der Waals surface area contributed by atoms with Crippen molar-refractivity contribution in [3.05, 3.63) is 12.3 Å². The van der Waals surface area contributed by atoms with Crippen LogP contribution >= 0.6 is 0 Å². The second-order valence-corrected chi connectivity index (χ2v) is 3.36. The van der Waals surface area contributed by atoms with Gasteiger partial charge in [0.05, 0.1) is 0 Å². The normalized spacial score (nSPS) is 42.9. The molecule has 1 saturated heterocycles. The zero-order valence-corrected chi connectivity index (χ0v) is 7.98. The molecule has 0 aromatic carbocycles. The monoisotopic (exact) mass is 266 g/mol. The van der Waals surface area contributed by atoms with Crippen molar-refractivity contribution >= 4 is 0 Å². The zero-order valence-electron chi connectivity index (χ0n) is 7.98. The first-order chi connectivity index (χ1) is 7.52. The maximum absolute atomic E-state index is 13.7. The molecule has 0 aliphatic carbocycles. The summed E-state index contributed by atoms with van der Waals surface area (Å²) in [5.41, 5.74) is 0. The van der Waals surface area contributed by atoms with Crippen LogP contribution in [0.3, 0.4) is 0 Å². The predicted molar refractivity (Wildman–Crippen MR) is 35.7 cm³/mol. The summed E-state index contributed by atoms with van der Waals surface area (Å²) in [6.45, 7) is 0.170. The molecule has 98 valence electrons. The first kappa shape index (κ1) is 12.3. The lowest BCUT2D eigenvalue weighted by molar-refractivity contribution is -0.608. The van der Waals surface area contributed by atoms with Gasteiger partial charge < -0.3 is 9.47 Å². The van der Waals surface area contributed by atoms with Gasteiger partial charge in [0, 0.05) is 6.92 Å². The van der Waals surface area contributed by atoms with Crippen molar-refractivity contribution in [2.75, 3.05) is 0 Å². The van der Waals surface area contributed by atoms with Crippen LogP contribution in [-0.2, 0) is 18.9 Å². The van der Waals surface area contributed by atoms with Gasteiger partial charge in [0.15, 0.2) is 6.26 Å². The van der Waals surface area contributed by atoms with Crippen LogP contribution < -0.4 is 0 Å². The van der Waals surface area contributed by atoms with Gasteiger partial charge in [-0.05, 0) is 0 Å². The second kappa shape index (κ2) is 2.99. The van der Waals surface area contributed by atoms with E-state index < -0.39 is 30.1 Å². The van der Waals surface area contributed by atoms with Gasteiger partial charge in [-0.15, -0.1) is 8.78 Å². The van der Waals surface area contributed by atoms with E-state index in [1.54, 1.807) is 0 Å². The fraction of sp³-hybridized carbons (Fsp3) is 0.714. The molecule has 0 aromatic rings. The van der Waals surface area contributed by atoms with Crippen molar-refractivity contribution in [1.82, 2.24) is 0 Å². The Hall–Kier alpha value is -1.16. The molecule has 0 N–H and O–H groups in total. The van der Waals surface area contributed by atoms with E-state index in [1.807, 2.05) is 0 Å². The van der Waals surface area contributed by atoms with E-state index in [0.717, 1.165) is 0 Å². The van der Waals surface area contributed by atoms with E-state index in [1.165, 1.54) is 0 Å². The lowest BCUT2D eigenvalue weighted by atomic mass is 10.1. The minimum atomic E-state index is -4.98. The smallest absolute Gasteiger partial charge is 0.442 e. The molecule has 0 amide bonds. The molecule has 0 saturated carbocycles. The third kappa shape index (κ3) is 1.54. The molecular weight excluding hydrogens is 262 g/mol. The molecular formula is C7H4F6O4. The molecule has 0 aromatic heterocycles. The van der Waals surface area contributed by atoms with Crippen molar-refractivity contribution in [1.29, 1.82) is 0 Å². The lowest BCUT2D eigenvalue weighted by Gasteiger charge is -2.46. The van der Waals surface area contributed by atoms with E-state index in [4.69, 9.17) is 0 Å². The summed E-state index contributed by atoms with van der Waals surface area (Å²) in [5, 5.41) is 0. The third-order valence-corrected chi connectivity index (χ3v) is 2.09. The van der Waals surface area contributed by atoms with E-state index in [2.05, 4.69) is 18.9 Å². The van der Waals surface area contributed by atoms with Crippen LogP contribution in [0.1, 0.15) is 6.92 Å². The van der Waals surface area contributed by atoms with Gasteiger partial charge in [-0.25, -0.2) is 13.9 Å². The van der Waals surface area contributed by atoms with Gasteiger partial charge in [0.25, 0.3) is 5.85 Å². The average Bonchev–Trinajstić information content (AvgIpc) is 2.42. The van der Waals surface area contributed by atoms with E-state index >= 15 is 0 Å². The molecule has 2 aliphatic heterocycles. The molecule has 2 rings (SSSR count). The maximum Gasteiger partial charge on any atom is 0.493 e. The van der Waals surface area contributed by atoms with Crippen molar-refractivity contribution < 1.29 is 45.3 Å². The summed E-state index contributed by atoms with van der Waals surface area (Å²) in [7, 11) is 0. The van der Waals surface area contributed by atoms with Crippen LogP contribution in [0.4, 0.5) is 26.3 Å². The van der Waals surface area contributed by atoms with E-state index in [0.29, 0.717) is 0 Å². The van der Waals surface area contributed by atoms with Crippen LogP contribution in [0.25, 0.3) is 0 Å². The Balaban J connectivity index is 2.44. The Labute approximate surface area is 89.7 Å². The molecule has 0 radical (unpaired) electrons. The summed E-state index contributed by atoms with van der Waals surface area (Å²) >= 11 is 0. The number of halogens is 6. The first-order valence-electron chi connectivity index (χ1n) is 4.09. The number of ether oxygens (including phenoxy) is 4. The first-order valence-corrected chi connectivity index (χ1v) is 4.09. The van der Waals surface area contributed by atoms with E-state index in [-0.39, 0.29) is 13.2 Å². The van der Waals surface area contributed by atoms with Crippen molar-refractivity contribution in [3.8, 4) is 0 Å². The topological polar surface area (TPSA) is 36.9 Å². The molecule has 1 fully saturated rings. The Morgan fingerprint density at radius 1 is 1.06 bits per heavy atom. The summed E-state index contributed by atoms with van der Waals surface area (Å²) < 4.78 is 91.8. The van der Waals surface area contributed by atoms with Gasteiger partial charge >= 0.3 is 24.2 Å². The highest BCUT2D eigenvalue weighted by molar-refractivity contribution is 5.03. The summed E-state index contributed by atoms with van der Waals surface area (Å²) in [6.07, 6.45) is -9.91. The van der Waals surface area contributed by atoms with Crippen LogP contribution in [0.2, 0.25) is 0 Å². The van der Waals surface area contributed by atoms with Crippen molar-refractivity contribution in [3.63, 3.8) is 0 Å². The molecule has 4 nitrogen and oxygen atoms in total. The molecule has 10 heteroatoms. The highest BCUT2D eigenvalue weighted by Gasteiger charge is 2.82. The number of alkyl halides is 5. The van der Waals surface area contributed by atoms with Crippen LogP contribution in [0.5, 0.6) is 0 Å². The Morgan fingerprint density at radius 3 is 2.06 bits per heavy atom. The standard InChI is InChI=1S/C7H4F6O4/c1-4(9)5(14-2-3(8)15-5)6(10,11)17-7(12,13)16-4/h2H,1H3. The second-order valence-electron chi connectivity index (χ2n) is 3.36. The van der Waals surface area contributed by atoms with Gasteiger partial charge in [-0.1, -0.05) is 0 Å². The molecule has 2 aliphatic rings. The quantitative estimate of drug-likeness (QED) is 0.631. The summed E-state index contributed by atoms with van der Waals surface area (Å²) in [4.78, 5) is 0. The number of rotatable bonds is 0. The third-order valence-electron chi connectivity index (χ3n) is 2.09. The van der Waals surface area contributed by atoms with Crippen LogP contribution in [-0.4, -0.2) is 24.0 Å². The Bertz CT molecular complexity index is 359. The van der Waals surface area contributed by atoms with Gasteiger partial charge in [0.2, 0.25) is 0 Å². The summed E-state index contributed by atoms with van der Waals surface area (Å²) in [5.74, 6) is -7.66. The number of hydrogen-bond acceptors (Lipinski definition) is 4. The SMILES string of the molecule is CC1(F)OC(F)(F)OC(F)(F)C12OC=C(F)O2. The molecule has 1 spiro atoms. The average molecular weight is 266 g/mol. The maximum atomic E-state index is 13.7. The predicted octanol–water partition coefficient (Wildman–Crippen LogP) is 2.37. The number of hydrogen-bond donors (Lipinski definition) is 0. The molecule has 0 bridgehead atoms. The van der Waals surface area contributed by atoms with E-state index in [9.17, 15) is 26.3 Å². The largest absolute Gasteiger partial charge is 0.493 e. The van der Waals surface area contributed by atoms with Crippen molar-refractivity contribution in [2.24, 2.45) is 0 Å². The lowest BCUT2D eigenvalue weighted by Crippen LogP contribution is -2.71. The van der Waals surface area contributed by atoms with Crippen LogP contribution in [0.15, 0.2) is 12.3 Å². The van der Waals surface area contributed by atoms with Gasteiger partial charge in [-0.2, -0.15) is 13.2 Å². The van der Waals surface area contributed by atoms with Gasteiger partial charge in [-0.3, -0.25) is 0 Å². The highest BCUT2D eigenvalue weighted by atomic mass is 19.3.